The molecular weight excluding hydrogens is 207 g/mol. The van der Waals surface area contributed by atoms with E-state index in [4.69, 9.17) is 4.55 Å². The van der Waals surface area contributed by atoms with Crippen LogP contribution in [-0.2, 0) is 10.1 Å². The minimum Gasteiger partial charge on any atom is -1.00 e. The second kappa shape index (κ2) is 4.03. The molecule has 0 aliphatic rings. The summed E-state index contributed by atoms with van der Waals surface area (Å²) in [4.78, 5) is 0. The minimum absolute atomic E-state index is 0. The molecule has 0 aromatic rings. The monoisotopic (exact) mass is 210 g/mol. The first kappa shape index (κ1) is 11.9. The van der Waals surface area contributed by atoms with Crippen LogP contribution in [0.2, 0.25) is 0 Å². The third-order valence-corrected chi connectivity index (χ3v) is 2.07. The van der Waals surface area contributed by atoms with Crippen molar-refractivity contribution in [1.29, 1.82) is 0 Å². The van der Waals surface area contributed by atoms with E-state index in [2.05, 4.69) is 22.5 Å². The van der Waals surface area contributed by atoms with Crippen molar-refractivity contribution < 1.29 is 44.0 Å². The first-order chi connectivity index (χ1) is 2.94. The Balaban J connectivity index is -0.000000180. The molecule has 0 amide bonds. The van der Waals surface area contributed by atoms with Gasteiger partial charge in [-0.15, -0.1) is 0 Å². The molecular formula is C2H4BrNaO3S. The van der Waals surface area contributed by atoms with Crippen LogP contribution in [0.15, 0.2) is 10.4 Å². The number of hydrogen-bond donors (Lipinski definition) is 1. The van der Waals surface area contributed by atoms with Gasteiger partial charge in [0.15, 0.2) is 0 Å². The molecule has 0 aromatic heterocycles. The van der Waals surface area contributed by atoms with Gasteiger partial charge in [-0.1, -0.05) is 6.58 Å². The van der Waals surface area contributed by atoms with Gasteiger partial charge in [0.1, 0.15) is 3.81 Å². The van der Waals surface area contributed by atoms with E-state index in [1.54, 1.807) is 0 Å². The number of rotatable bonds is 1. The van der Waals surface area contributed by atoms with Gasteiger partial charge in [0.05, 0.1) is 0 Å². The van der Waals surface area contributed by atoms with E-state index in [1.165, 1.54) is 0 Å². The van der Waals surface area contributed by atoms with Crippen molar-refractivity contribution in [1.82, 2.24) is 0 Å². The van der Waals surface area contributed by atoms with Crippen molar-refractivity contribution in [2.45, 2.75) is 0 Å². The van der Waals surface area contributed by atoms with E-state index in [0.29, 0.717) is 0 Å². The predicted molar refractivity (Wildman–Crippen MR) is 30.7 cm³/mol. The van der Waals surface area contributed by atoms with Gasteiger partial charge in [-0.2, -0.15) is 8.42 Å². The summed E-state index contributed by atoms with van der Waals surface area (Å²) in [5.74, 6) is 0. The van der Waals surface area contributed by atoms with Crippen LogP contribution < -0.4 is 29.6 Å². The van der Waals surface area contributed by atoms with Crippen LogP contribution in [0.4, 0.5) is 0 Å². The molecule has 0 aliphatic carbocycles. The molecule has 0 atom stereocenters. The Bertz CT molecular complexity index is 176. The molecule has 0 bridgehead atoms. The molecule has 6 heteroatoms. The summed E-state index contributed by atoms with van der Waals surface area (Å²) < 4.78 is 27.0. The van der Waals surface area contributed by atoms with Crippen LogP contribution in [0.1, 0.15) is 1.43 Å². The van der Waals surface area contributed by atoms with Crippen molar-refractivity contribution in [2.24, 2.45) is 0 Å². The zero-order chi connectivity index (χ0) is 6.08. The topological polar surface area (TPSA) is 54.4 Å². The second-order valence-electron chi connectivity index (χ2n) is 0.830. The maximum absolute atomic E-state index is 9.74. The summed E-state index contributed by atoms with van der Waals surface area (Å²) in [6.07, 6.45) is 0. The summed E-state index contributed by atoms with van der Waals surface area (Å²) in [6, 6.07) is 0. The average Bonchev–Trinajstić information content (AvgIpc) is 1.31. The molecule has 0 saturated carbocycles. The summed E-state index contributed by atoms with van der Waals surface area (Å²) in [5, 5.41) is 0. The quantitative estimate of drug-likeness (QED) is 0.397. The Morgan fingerprint density at radius 1 is 1.75 bits per heavy atom. The van der Waals surface area contributed by atoms with Gasteiger partial charge in [-0.05, 0) is 15.9 Å². The number of halogens is 1. The van der Waals surface area contributed by atoms with Crippen LogP contribution in [0.25, 0.3) is 0 Å². The van der Waals surface area contributed by atoms with Crippen molar-refractivity contribution >= 4 is 26.0 Å². The van der Waals surface area contributed by atoms with Gasteiger partial charge in [0.25, 0.3) is 0 Å². The fourth-order valence-corrected chi connectivity index (χ4v) is 0. The molecule has 1 N–H and O–H groups in total. The molecule has 0 spiro atoms. The fourth-order valence-electron chi connectivity index (χ4n) is 0. The zero-order valence-corrected chi connectivity index (χ0v) is 8.66. The molecule has 0 fully saturated rings. The molecule has 3 nitrogen and oxygen atoms in total. The average molecular weight is 211 g/mol. The minimum atomic E-state index is -4.02. The van der Waals surface area contributed by atoms with Crippen LogP contribution >= 0.6 is 15.9 Å². The van der Waals surface area contributed by atoms with Gasteiger partial charge in [0, 0.05) is 0 Å². The van der Waals surface area contributed by atoms with Crippen molar-refractivity contribution in [3.8, 4) is 0 Å². The van der Waals surface area contributed by atoms with E-state index < -0.39 is 13.9 Å². The Hall–Kier alpha value is 1.13. The van der Waals surface area contributed by atoms with Crippen LogP contribution in [0.5, 0.6) is 0 Å². The Labute approximate surface area is 79.8 Å². The molecule has 0 rings (SSSR count). The molecule has 0 unspecified atom stereocenters. The molecule has 0 heterocycles. The Morgan fingerprint density at radius 3 is 1.88 bits per heavy atom. The largest absolute Gasteiger partial charge is 1.00 e. The fraction of sp³-hybridized carbons (Fsp3) is 0. The Kier molecular flexibility index (Phi) is 5.98. The van der Waals surface area contributed by atoms with Crippen LogP contribution in [0.3, 0.4) is 0 Å². The normalized spacial score (nSPS) is 9.75. The van der Waals surface area contributed by atoms with Crippen molar-refractivity contribution in [3.05, 3.63) is 10.4 Å². The van der Waals surface area contributed by atoms with E-state index in [9.17, 15) is 8.42 Å². The van der Waals surface area contributed by atoms with E-state index >= 15 is 0 Å². The van der Waals surface area contributed by atoms with E-state index in [-0.39, 0.29) is 31.0 Å². The van der Waals surface area contributed by atoms with Gasteiger partial charge < -0.3 is 1.43 Å². The van der Waals surface area contributed by atoms with Crippen LogP contribution in [0, 0.1) is 0 Å². The van der Waals surface area contributed by atoms with Crippen molar-refractivity contribution in [2.75, 3.05) is 0 Å². The molecule has 0 saturated heterocycles. The third-order valence-electron chi connectivity index (χ3n) is 0.280. The zero-order valence-electron chi connectivity index (χ0n) is 5.26. The van der Waals surface area contributed by atoms with Gasteiger partial charge in [-0.25, -0.2) is 0 Å². The van der Waals surface area contributed by atoms with Gasteiger partial charge in [-0.3, -0.25) is 4.55 Å². The van der Waals surface area contributed by atoms with E-state index in [0.717, 1.165) is 0 Å². The molecule has 8 heavy (non-hydrogen) atoms. The number of hydrogen-bond acceptors (Lipinski definition) is 2. The standard InChI is InChI=1S/C2H3BrO3S.Na.H/c1-2(3)7(4,5)6;;/h1H2,(H,4,5,6);;/q;+1;-1. The van der Waals surface area contributed by atoms with E-state index in [1.807, 2.05) is 0 Å². The summed E-state index contributed by atoms with van der Waals surface area (Å²) in [5.41, 5.74) is 0. The molecule has 0 aromatic carbocycles. The van der Waals surface area contributed by atoms with Gasteiger partial charge in [0.2, 0.25) is 0 Å². The molecule has 0 radical (unpaired) electrons. The smallest absolute Gasteiger partial charge is 1.00 e. The predicted octanol–water partition coefficient (Wildman–Crippen LogP) is -2.14. The van der Waals surface area contributed by atoms with Crippen LogP contribution in [-0.4, -0.2) is 13.0 Å². The summed E-state index contributed by atoms with van der Waals surface area (Å²) in [7, 11) is -4.02. The van der Waals surface area contributed by atoms with Gasteiger partial charge >= 0.3 is 39.7 Å². The SMILES string of the molecule is C=C(Br)S(=O)(=O)O.[H-].[Na+]. The summed E-state index contributed by atoms with van der Waals surface area (Å²) >= 11 is 2.46. The maximum atomic E-state index is 9.74. The second-order valence-corrected chi connectivity index (χ2v) is 3.76. The molecule has 0 aliphatic heterocycles. The first-order valence-electron chi connectivity index (χ1n) is 1.26. The third kappa shape index (κ3) is 5.27. The maximum Gasteiger partial charge on any atom is 1.00 e. The first-order valence-corrected chi connectivity index (χ1v) is 3.50. The molecule has 44 valence electrons. The van der Waals surface area contributed by atoms with Crippen molar-refractivity contribution in [3.63, 3.8) is 0 Å². The Morgan fingerprint density at radius 2 is 1.88 bits per heavy atom. The summed E-state index contributed by atoms with van der Waals surface area (Å²) in [6.45, 7) is 2.91.